The summed E-state index contributed by atoms with van der Waals surface area (Å²) < 4.78 is 10.8. The fourth-order valence-corrected chi connectivity index (χ4v) is 2.34. The fraction of sp³-hybridized carbons (Fsp3) is 0.176. The van der Waals surface area contributed by atoms with E-state index < -0.39 is 4.92 Å². The van der Waals surface area contributed by atoms with Gasteiger partial charge in [-0.05, 0) is 37.3 Å². The lowest BCUT2D eigenvalue weighted by atomic mass is 10.2. The van der Waals surface area contributed by atoms with Crippen LogP contribution in [0, 0.1) is 10.1 Å². The Labute approximate surface area is 143 Å². The second-order valence-corrected chi connectivity index (χ2v) is 5.11. The van der Waals surface area contributed by atoms with E-state index in [-0.39, 0.29) is 5.69 Å². The zero-order valence-corrected chi connectivity index (χ0v) is 13.7. The number of non-ortho nitro benzene ring substituents is 1. The van der Waals surface area contributed by atoms with Gasteiger partial charge in [-0.3, -0.25) is 15.2 Å². The van der Waals surface area contributed by atoms with E-state index in [1.165, 1.54) is 12.1 Å². The molecule has 0 atom stereocenters. The van der Waals surface area contributed by atoms with E-state index in [0.29, 0.717) is 35.3 Å². The molecule has 0 amide bonds. The van der Waals surface area contributed by atoms with Crippen LogP contribution in [0.5, 0.6) is 11.5 Å². The topological polar surface area (TPSA) is 103 Å². The lowest BCUT2D eigenvalue weighted by Crippen LogP contribution is -1.95. The molecule has 0 fully saturated rings. The van der Waals surface area contributed by atoms with Crippen molar-refractivity contribution in [2.24, 2.45) is 0 Å². The molecule has 8 heteroatoms. The fourth-order valence-electron chi connectivity index (χ4n) is 2.34. The van der Waals surface area contributed by atoms with Crippen LogP contribution in [0.4, 0.5) is 5.69 Å². The third kappa shape index (κ3) is 3.42. The maximum absolute atomic E-state index is 10.7. The Kier molecular flexibility index (Phi) is 4.60. The first-order chi connectivity index (χ1) is 12.1. The molecule has 0 aliphatic rings. The van der Waals surface area contributed by atoms with E-state index in [1.807, 2.05) is 13.0 Å². The van der Waals surface area contributed by atoms with Gasteiger partial charge in [0.2, 0.25) is 0 Å². The molecule has 0 radical (unpaired) electrons. The molecule has 0 aliphatic carbocycles. The van der Waals surface area contributed by atoms with Gasteiger partial charge in [-0.1, -0.05) is 0 Å². The Bertz CT molecular complexity index is 890. The summed E-state index contributed by atoms with van der Waals surface area (Å²) in [6.07, 6.45) is 0. The molecular formula is C17H16N4O4. The van der Waals surface area contributed by atoms with Crippen LogP contribution in [0.25, 0.3) is 22.8 Å². The number of nitro groups is 1. The van der Waals surface area contributed by atoms with Crippen LogP contribution < -0.4 is 9.47 Å². The first kappa shape index (κ1) is 16.4. The van der Waals surface area contributed by atoms with Gasteiger partial charge < -0.3 is 9.47 Å². The molecule has 3 aromatic rings. The number of aromatic amines is 1. The number of nitrogens with zero attached hydrogens (tertiary/aromatic N) is 3. The number of nitrogens with one attached hydrogen (secondary N) is 1. The van der Waals surface area contributed by atoms with Crippen LogP contribution in [0.15, 0.2) is 42.5 Å². The average molecular weight is 340 g/mol. The van der Waals surface area contributed by atoms with Gasteiger partial charge in [0, 0.05) is 23.3 Å². The molecule has 0 bridgehead atoms. The highest BCUT2D eigenvalue weighted by molar-refractivity contribution is 5.64. The summed E-state index contributed by atoms with van der Waals surface area (Å²) in [4.78, 5) is 14.7. The van der Waals surface area contributed by atoms with E-state index in [1.54, 1.807) is 31.4 Å². The second kappa shape index (κ2) is 7.00. The van der Waals surface area contributed by atoms with E-state index in [4.69, 9.17) is 9.47 Å². The minimum atomic E-state index is -0.443. The summed E-state index contributed by atoms with van der Waals surface area (Å²) in [5.74, 6) is 2.27. The van der Waals surface area contributed by atoms with Gasteiger partial charge in [0.05, 0.1) is 18.6 Å². The zero-order chi connectivity index (χ0) is 17.8. The lowest BCUT2D eigenvalue weighted by molar-refractivity contribution is -0.384. The number of rotatable bonds is 6. The number of nitro benzene ring substituents is 1. The highest BCUT2D eigenvalue weighted by atomic mass is 16.6. The third-order valence-electron chi connectivity index (χ3n) is 3.56. The predicted octanol–water partition coefficient (Wildman–Crippen LogP) is 3.45. The molecule has 1 N–H and O–H groups in total. The predicted molar refractivity (Wildman–Crippen MR) is 91.6 cm³/mol. The second-order valence-electron chi connectivity index (χ2n) is 5.11. The molecule has 0 aliphatic heterocycles. The Hall–Kier alpha value is -3.42. The van der Waals surface area contributed by atoms with Crippen LogP contribution in [0.3, 0.4) is 0 Å². The van der Waals surface area contributed by atoms with Gasteiger partial charge in [-0.15, -0.1) is 0 Å². The highest BCUT2D eigenvalue weighted by Crippen LogP contribution is 2.32. The normalized spacial score (nSPS) is 10.5. The number of hydrogen-bond acceptors (Lipinski definition) is 6. The van der Waals surface area contributed by atoms with Crippen LogP contribution in [0.2, 0.25) is 0 Å². The van der Waals surface area contributed by atoms with E-state index >= 15 is 0 Å². The number of benzene rings is 2. The number of methoxy groups -OCH3 is 1. The molecule has 1 heterocycles. The van der Waals surface area contributed by atoms with Gasteiger partial charge in [0.15, 0.2) is 23.1 Å². The van der Waals surface area contributed by atoms with Crippen LogP contribution >= 0.6 is 0 Å². The molecule has 8 nitrogen and oxygen atoms in total. The Morgan fingerprint density at radius 2 is 1.84 bits per heavy atom. The summed E-state index contributed by atoms with van der Waals surface area (Å²) in [7, 11) is 1.57. The number of ether oxygens (including phenoxy) is 2. The number of aromatic nitrogens is 3. The maximum Gasteiger partial charge on any atom is 0.269 e. The third-order valence-corrected chi connectivity index (χ3v) is 3.56. The Morgan fingerprint density at radius 3 is 2.48 bits per heavy atom. The van der Waals surface area contributed by atoms with Crippen molar-refractivity contribution in [3.8, 4) is 34.3 Å². The van der Waals surface area contributed by atoms with Gasteiger partial charge in [-0.2, -0.15) is 5.10 Å². The molecule has 0 saturated carbocycles. The highest BCUT2D eigenvalue weighted by Gasteiger charge is 2.12. The molecule has 0 saturated heterocycles. The summed E-state index contributed by atoms with van der Waals surface area (Å²) in [6.45, 7) is 2.44. The summed E-state index contributed by atoms with van der Waals surface area (Å²) in [6, 6.07) is 11.6. The van der Waals surface area contributed by atoms with Crippen molar-refractivity contribution >= 4 is 5.69 Å². The smallest absolute Gasteiger partial charge is 0.269 e. The maximum atomic E-state index is 10.7. The first-order valence-electron chi connectivity index (χ1n) is 7.60. The van der Waals surface area contributed by atoms with Gasteiger partial charge in [0.25, 0.3) is 5.69 Å². The van der Waals surface area contributed by atoms with Crippen molar-refractivity contribution in [2.45, 2.75) is 6.92 Å². The molecule has 0 spiro atoms. The first-order valence-corrected chi connectivity index (χ1v) is 7.60. The minimum Gasteiger partial charge on any atom is -0.493 e. The molecule has 3 rings (SSSR count). The summed E-state index contributed by atoms with van der Waals surface area (Å²) >= 11 is 0. The number of H-pyrrole nitrogens is 1. The molecule has 0 unspecified atom stereocenters. The molecule has 1 aromatic heterocycles. The summed E-state index contributed by atoms with van der Waals surface area (Å²) in [5.41, 5.74) is 1.51. The van der Waals surface area contributed by atoms with Gasteiger partial charge in [-0.25, -0.2) is 4.98 Å². The van der Waals surface area contributed by atoms with Crippen LogP contribution in [0.1, 0.15) is 6.92 Å². The molecule has 25 heavy (non-hydrogen) atoms. The SMILES string of the molecule is CCOc1ccc(-c2n[nH]c(-c3ccc([N+](=O)[O-])cc3)n2)cc1OC. The molecular weight excluding hydrogens is 324 g/mol. The van der Waals surface area contributed by atoms with E-state index in [2.05, 4.69) is 15.2 Å². The zero-order valence-electron chi connectivity index (χ0n) is 13.7. The Morgan fingerprint density at radius 1 is 1.12 bits per heavy atom. The minimum absolute atomic E-state index is 0.0275. The largest absolute Gasteiger partial charge is 0.493 e. The van der Waals surface area contributed by atoms with Gasteiger partial charge in [0.1, 0.15) is 0 Å². The quantitative estimate of drug-likeness (QED) is 0.544. The Balaban J connectivity index is 1.89. The van der Waals surface area contributed by atoms with Crippen molar-refractivity contribution in [3.05, 3.63) is 52.6 Å². The van der Waals surface area contributed by atoms with Crippen molar-refractivity contribution in [1.29, 1.82) is 0 Å². The van der Waals surface area contributed by atoms with Crippen molar-refractivity contribution in [3.63, 3.8) is 0 Å². The van der Waals surface area contributed by atoms with Crippen molar-refractivity contribution in [2.75, 3.05) is 13.7 Å². The summed E-state index contributed by atoms with van der Waals surface area (Å²) in [5, 5.41) is 17.8. The van der Waals surface area contributed by atoms with E-state index in [9.17, 15) is 10.1 Å². The van der Waals surface area contributed by atoms with Crippen molar-refractivity contribution < 1.29 is 14.4 Å². The van der Waals surface area contributed by atoms with Crippen LogP contribution in [-0.2, 0) is 0 Å². The molecule has 2 aromatic carbocycles. The van der Waals surface area contributed by atoms with Crippen LogP contribution in [-0.4, -0.2) is 33.8 Å². The van der Waals surface area contributed by atoms with Crippen molar-refractivity contribution in [1.82, 2.24) is 15.2 Å². The lowest BCUT2D eigenvalue weighted by Gasteiger charge is -2.09. The number of hydrogen-bond donors (Lipinski definition) is 1. The molecule has 128 valence electrons. The van der Waals surface area contributed by atoms with E-state index in [0.717, 1.165) is 5.56 Å². The average Bonchev–Trinajstić information content (AvgIpc) is 3.12. The monoisotopic (exact) mass is 340 g/mol. The standard InChI is InChI=1S/C17H16N4O4/c1-3-25-14-9-6-12(10-15(14)24-2)17-18-16(19-20-17)11-4-7-13(8-5-11)21(22)23/h4-10H,3H2,1-2H3,(H,18,19,20). The van der Waals surface area contributed by atoms with Gasteiger partial charge >= 0.3 is 0 Å².